The molecule has 2 heterocycles. The van der Waals surface area contributed by atoms with Crippen LogP contribution in [0.25, 0.3) is 0 Å². The summed E-state index contributed by atoms with van der Waals surface area (Å²) in [4.78, 5) is 18.6. The average molecular weight is 347 g/mol. The van der Waals surface area contributed by atoms with Crippen LogP contribution in [0.1, 0.15) is 0 Å². The van der Waals surface area contributed by atoms with Crippen LogP contribution in [0.15, 0.2) is 36.5 Å². The Balaban J connectivity index is 1.84. The Kier molecular flexibility index (Phi) is 4.87. The van der Waals surface area contributed by atoms with Gasteiger partial charge in [-0.3, -0.25) is 0 Å². The molecule has 0 spiro atoms. The van der Waals surface area contributed by atoms with Crippen LogP contribution in [-0.4, -0.2) is 54.4 Å². The zero-order valence-electron chi connectivity index (χ0n) is 13.7. The van der Waals surface area contributed by atoms with Crippen molar-refractivity contribution in [3.05, 3.63) is 42.3 Å². The van der Waals surface area contributed by atoms with Gasteiger partial charge in [0, 0.05) is 32.4 Å². The molecule has 0 unspecified atom stereocenters. The number of carboxylic acid groups (broad SMARTS) is 1. The first-order chi connectivity index (χ1) is 12.1. The number of halogens is 1. The largest absolute Gasteiger partial charge is 0.493 e. The molecular formula is C17H18FN3O4. The average Bonchev–Trinajstić information content (AvgIpc) is 2.64. The lowest BCUT2D eigenvalue weighted by molar-refractivity contribution is 0.142. The molecule has 0 bridgehead atoms. The Hall–Kier alpha value is -3.03. The third-order valence-electron chi connectivity index (χ3n) is 3.99. The zero-order chi connectivity index (χ0) is 17.8. The summed E-state index contributed by atoms with van der Waals surface area (Å²) in [5.41, 5.74) is 0.679. The number of anilines is 1. The molecule has 1 aliphatic heterocycles. The summed E-state index contributed by atoms with van der Waals surface area (Å²) in [6.07, 6.45) is 0.623. The highest BCUT2D eigenvalue weighted by Crippen LogP contribution is 2.37. The molecule has 0 radical (unpaired) electrons. The molecule has 1 aromatic carbocycles. The lowest BCUT2D eigenvalue weighted by Crippen LogP contribution is -2.48. The van der Waals surface area contributed by atoms with Crippen molar-refractivity contribution in [1.29, 1.82) is 0 Å². The number of nitrogens with zero attached hydrogens (tertiary/aromatic N) is 3. The molecule has 0 atom stereocenters. The van der Waals surface area contributed by atoms with E-state index in [1.54, 1.807) is 18.3 Å². The summed E-state index contributed by atoms with van der Waals surface area (Å²) >= 11 is 0. The minimum atomic E-state index is -0.932. The normalized spacial score (nSPS) is 14.3. The number of methoxy groups -OCH3 is 1. The van der Waals surface area contributed by atoms with Crippen LogP contribution in [0.4, 0.5) is 14.9 Å². The maximum Gasteiger partial charge on any atom is 0.407 e. The number of benzene rings is 1. The van der Waals surface area contributed by atoms with Gasteiger partial charge in [-0.05, 0) is 24.3 Å². The molecule has 7 nitrogen and oxygen atoms in total. The van der Waals surface area contributed by atoms with E-state index in [1.165, 1.54) is 24.1 Å². The lowest BCUT2D eigenvalue weighted by atomic mass is 10.2. The van der Waals surface area contributed by atoms with Crippen LogP contribution < -0.4 is 14.4 Å². The van der Waals surface area contributed by atoms with Gasteiger partial charge in [0.25, 0.3) is 0 Å². The number of piperazine rings is 1. The van der Waals surface area contributed by atoms with Crippen molar-refractivity contribution in [3.63, 3.8) is 0 Å². The van der Waals surface area contributed by atoms with Crippen molar-refractivity contribution in [2.75, 3.05) is 38.2 Å². The van der Waals surface area contributed by atoms with Crippen molar-refractivity contribution in [2.45, 2.75) is 0 Å². The van der Waals surface area contributed by atoms with Gasteiger partial charge in [-0.25, -0.2) is 14.2 Å². The smallest absolute Gasteiger partial charge is 0.407 e. The molecule has 1 amide bonds. The van der Waals surface area contributed by atoms with Crippen LogP contribution in [-0.2, 0) is 0 Å². The highest BCUT2D eigenvalue weighted by atomic mass is 19.1. The molecule has 8 heteroatoms. The Morgan fingerprint density at radius 1 is 1.20 bits per heavy atom. The molecule has 1 aliphatic rings. The van der Waals surface area contributed by atoms with E-state index in [9.17, 15) is 9.18 Å². The predicted octanol–water partition coefficient (Wildman–Crippen LogP) is 2.82. The highest BCUT2D eigenvalue weighted by Gasteiger charge is 2.24. The van der Waals surface area contributed by atoms with Crippen molar-refractivity contribution < 1.29 is 23.8 Å². The van der Waals surface area contributed by atoms with Gasteiger partial charge in [0.2, 0.25) is 11.6 Å². The Labute approximate surface area is 144 Å². The molecule has 132 valence electrons. The number of ether oxygens (including phenoxy) is 2. The van der Waals surface area contributed by atoms with Gasteiger partial charge in [-0.1, -0.05) is 6.07 Å². The van der Waals surface area contributed by atoms with Crippen LogP contribution in [0.3, 0.4) is 0 Å². The number of pyridine rings is 1. The van der Waals surface area contributed by atoms with Gasteiger partial charge in [0.15, 0.2) is 11.6 Å². The number of rotatable bonds is 4. The fourth-order valence-corrected chi connectivity index (χ4v) is 2.69. The van der Waals surface area contributed by atoms with Gasteiger partial charge in [-0.15, -0.1) is 0 Å². The van der Waals surface area contributed by atoms with Crippen molar-refractivity contribution in [2.24, 2.45) is 0 Å². The van der Waals surface area contributed by atoms with Crippen LogP contribution in [0.5, 0.6) is 17.4 Å². The van der Waals surface area contributed by atoms with E-state index in [2.05, 4.69) is 4.98 Å². The minimum absolute atomic E-state index is 0.0332. The van der Waals surface area contributed by atoms with E-state index in [-0.39, 0.29) is 17.4 Å². The molecule has 1 fully saturated rings. The Morgan fingerprint density at radius 2 is 1.96 bits per heavy atom. The standard InChI is InChI=1S/C17H18FN3O4/c1-24-14-6-2-4-12(18)15(14)25-16-13(5-3-7-19-16)20-8-10-21(11-9-20)17(22)23/h2-7H,8-11H2,1H3,(H,22,23). The first-order valence-corrected chi connectivity index (χ1v) is 7.78. The van der Waals surface area contributed by atoms with Gasteiger partial charge in [0.1, 0.15) is 5.69 Å². The molecule has 0 aliphatic carbocycles. The first kappa shape index (κ1) is 16.8. The second-order valence-corrected chi connectivity index (χ2v) is 5.46. The minimum Gasteiger partial charge on any atom is -0.493 e. The van der Waals surface area contributed by atoms with E-state index in [1.807, 2.05) is 11.0 Å². The van der Waals surface area contributed by atoms with E-state index in [0.717, 1.165) is 0 Å². The maximum atomic E-state index is 14.1. The lowest BCUT2D eigenvalue weighted by Gasteiger charge is -2.34. The molecule has 3 rings (SSSR count). The van der Waals surface area contributed by atoms with Gasteiger partial charge >= 0.3 is 6.09 Å². The molecule has 0 saturated carbocycles. The maximum absolute atomic E-state index is 14.1. The van der Waals surface area contributed by atoms with E-state index in [4.69, 9.17) is 14.6 Å². The number of hydrogen-bond acceptors (Lipinski definition) is 5. The fourth-order valence-electron chi connectivity index (χ4n) is 2.69. The number of amides is 1. The molecule has 1 aromatic heterocycles. The highest BCUT2D eigenvalue weighted by molar-refractivity contribution is 5.66. The number of para-hydroxylation sites is 1. The van der Waals surface area contributed by atoms with Crippen molar-refractivity contribution in [3.8, 4) is 17.4 Å². The van der Waals surface area contributed by atoms with E-state index in [0.29, 0.717) is 31.9 Å². The summed E-state index contributed by atoms with van der Waals surface area (Å²) < 4.78 is 25.0. The molecule has 25 heavy (non-hydrogen) atoms. The topological polar surface area (TPSA) is 75.1 Å². The van der Waals surface area contributed by atoms with Gasteiger partial charge in [0.05, 0.1) is 7.11 Å². The van der Waals surface area contributed by atoms with Crippen LogP contribution in [0, 0.1) is 5.82 Å². The van der Waals surface area contributed by atoms with E-state index < -0.39 is 11.9 Å². The quantitative estimate of drug-likeness (QED) is 0.917. The molecule has 1 N–H and O–H groups in total. The second kappa shape index (κ2) is 7.25. The summed E-state index contributed by atoms with van der Waals surface area (Å²) in [7, 11) is 1.44. The third-order valence-corrected chi connectivity index (χ3v) is 3.99. The first-order valence-electron chi connectivity index (χ1n) is 7.78. The monoisotopic (exact) mass is 347 g/mol. The summed E-state index contributed by atoms with van der Waals surface area (Å²) in [6, 6.07) is 7.99. The Bertz CT molecular complexity index is 763. The van der Waals surface area contributed by atoms with Gasteiger partial charge in [-0.2, -0.15) is 0 Å². The second-order valence-electron chi connectivity index (χ2n) is 5.46. The summed E-state index contributed by atoms with van der Waals surface area (Å²) in [5.74, 6) is -0.0669. The molecule has 2 aromatic rings. The number of carbonyl (C=O) groups is 1. The number of aromatic nitrogens is 1. The predicted molar refractivity (Wildman–Crippen MR) is 89.1 cm³/mol. The van der Waals surface area contributed by atoms with Crippen molar-refractivity contribution in [1.82, 2.24) is 9.88 Å². The SMILES string of the molecule is COc1cccc(F)c1Oc1ncccc1N1CCN(C(=O)O)CC1. The third kappa shape index (κ3) is 3.57. The van der Waals surface area contributed by atoms with Crippen LogP contribution in [0.2, 0.25) is 0 Å². The summed E-state index contributed by atoms with van der Waals surface area (Å²) in [6.45, 7) is 1.77. The Morgan fingerprint density at radius 3 is 2.64 bits per heavy atom. The summed E-state index contributed by atoms with van der Waals surface area (Å²) in [5, 5.41) is 9.05. The van der Waals surface area contributed by atoms with E-state index >= 15 is 0 Å². The number of hydrogen-bond donors (Lipinski definition) is 1. The van der Waals surface area contributed by atoms with Crippen molar-refractivity contribution >= 4 is 11.8 Å². The molecule has 1 saturated heterocycles. The zero-order valence-corrected chi connectivity index (χ0v) is 13.7. The van der Waals surface area contributed by atoms with Crippen LogP contribution >= 0.6 is 0 Å². The fraction of sp³-hybridized carbons (Fsp3) is 0.294. The molecular weight excluding hydrogens is 329 g/mol. The van der Waals surface area contributed by atoms with Gasteiger partial charge < -0.3 is 24.4 Å².